The van der Waals surface area contributed by atoms with Gasteiger partial charge in [0.25, 0.3) is 0 Å². The van der Waals surface area contributed by atoms with Crippen molar-refractivity contribution in [3.8, 4) is 17.2 Å². The predicted molar refractivity (Wildman–Crippen MR) is 82.8 cm³/mol. The van der Waals surface area contributed by atoms with Crippen molar-refractivity contribution in [1.82, 2.24) is 0 Å². The molecule has 4 nitrogen and oxygen atoms in total. The van der Waals surface area contributed by atoms with Gasteiger partial charge >= 0.3 is 0 Å². The Morgan fingerprint density at radius 1 is 1.30 bits per heavy atom. The summed E-state index contributed by atoms with van der Waals surface area (Å²) in [5, 5.41) is 22.9. The summed E-state index contributed by atoms with van der Waals surface area (Å²) in [6.45, 7) is 0.323. The summed E-state index contributed by atoms with van der Waals surface area (Å²) in [4.78, 5) is 0. The molecule has 0 atom stereocenters. The topological polar surface area (TPSA) is 61.7 Å². The van der Waals surface area contributed by atoms with Crippen molar-refractivity contribution in [2.45, 2.75) is 6.54 Å². The molecular formula is C14H13BrClNO3. The lowest BCUT2D eigenvalue weighted by Gasteiger charge is -2.14. The van der Waals surface area contributed by atoms with Gasteiger partial charge in [0.1, 0.15) is 0 Å². The van der Waals surface area contributed by atoms with E-state index in [0.29, 0.717) is 28.6 Å². The van der Waals surface area contributed by atoms with E-state index in [0.717, 1.165) is 4.47 Å². The summed E-state index contributed by atoms with van der Waals surface area (Å²) in [7, 11) is 1.56. The average Bonchev–Trinajstić information content (AvgIpc) is 2.40. The number of hydrogen-bond acceptors (Lipinski definition) is 4. The molecule has 0 fully saturated rings. The highest BCUT2D eigenvalue weighted by Crippen LogP contribution is 2.37. The molecule has 3 N–H and O–H groups in total. The Morgan fingerprint density at radius 3 is 2.75 bits per heavy atom. The molecule has 0 saturated carbocycles. The lowest BCUT2D eigenvalue weighted by Crippen LogP contribution is -2.02. The Labute approximate surface area is 130 Å². The summed E-state index contributed by atoms with van der Waals surface area (Å²) in [5.41, 5.74) is 1.26. The minimum Gasteiger partial charge on any atom is -0.504 e. The second-order valence-corrected chi connectivity index (χ2v) is 5.40. The maximum absolute atomic E-state index is 9.75. The Balaban J connectivity index is 2.25. The van der Waals surface area contributed by atoms with Gasteiger partial charge in [-0.3, -0.25) is 0 Å². The van der Waals surface area contributed by atoms with Crippen molar-refractivity contribution in [2.24, 2.45) is 0 Å². The number of rotatable bonds is 4. The summed E-state index contributed by atoms with van der Waals surface area (Å²) < 4.78 is 6.03. The van der Waals surface area contributed by atoms with Gasteiger partial charge in [-0.2, -0.15) is 0 Å². The maximum atomic E-state index is 9.75. The third-order valence-electron chi connectivity index (χ3n) is 2.78. The Bertz CT molecular complexity index is 634. The fraction of sp³-hybridized carbons (Fsp3) is 0.143. The SMILES string of the molecule is COc1c(Br)cc(Cl)cc1NCc1cccc(O)c1O. The van der Waals surface area contributed by atoms with Crippen LogP contribution in [-0.4, -0.2) is 17.3 Å². The standard InChI is InChI=1S/C14H13BrClNO3/c1-20-14-10(15)5-9(16)6-11(14)17-7-8-3-2-4-12(18)13(8)19/h2-6,17-19H,7H2,1H3. The van der Waals surface area contributed by atoms with Crippen LogP contribution in [0.3, 0.4) is 0 Å². The average molecular weight is 359 g/mol. The van der Waals surface area contributed by atoms with E-state index in [1.54, 1.807) is 31.4 Å². The van der Waals surface area contributed by atoms with Crippen LogP contribution in [0.4, 0.5) is 5.69 Å². The van der Waals surface area contributed by atoms with Crippen LogP contribution in [0.2, 0.25) is 5.02 Å². The molecule has 2 rings (SSSR count). The Hall–Kier alpha value is -1.59. The van der Waals surface area contributed by atoms with Gasteiger partial charge in [-0.25, -0.2) is 0 Å². The van der Waals surface area contributed by atoms with Gasteiger partial charge in [-0.15, -0.1) is 0 Å². The molecular weight excluding hydrogens is 346 g/mol. The van der Waals surface area contributed by atoms with E-state index >= 15 is 0 Å². The maximum Gasteiger partial charge on any atom is 0.162 e. The van der Waals surface area contributed by atoms with Crippen LogP contribution in [-0.2, 0) is 6.54 Å². The van der Waals surface area contributed by atoms with E-state index in [4.69, 9.17) is 16.3 Å². The van der Waals surface area contributed by atoms with Crippen molar-refractivity contribution >= 4 is 33.2 Å². The van der Waals surface area contributed by atoms with E-state index in [1.165, 1.54) is 6.07 Å². The van der Waals surface area contributed by atoms with Crippen molar-refractivity contribution in [3.05, 3.63) is 45.4 Å². The molecule has 6 heteroatoms. The molecule has 0 aliphatic heterocycles. The van der Waals surface area contributed by atoms with Crippen LogP contribution in [0.15, 0.2) is 34.8 Å². The van der Waals surface area contributed by atoms with Crippen molar-refractivity contribution in [1.29, 1.82) is 0 Å². The lowest BCUT2D eigenvalue weighted by atomic mass is 10.2. The monoisotopic (exact) mass is 357 g/mol. The molecule has 0 aromatic heterocycles. The number of para-hydroxylation sites is 1. The van der Waals surface area contributed by atoms with Crippen LogP contribution in [0.5, 0.6) is 17.2 Å². The summed E-state index contributed by atoms with van der Waals surface area (Å²) in [5.74, 6) is 0.331. The van der Waals surface area contributed by atoms with Gasteiger partial charge in [-0.1, -0.05) is 23.7 Å². The first-order valence-electron chi connectivity index (χ1n) is 5.79. The van der Waals surface area contributed by atoms with Gasteiger partial charge in [0.05, 0.1) is 17.3 Å². The van der Waals surface area contributed by atoms with E-state index in [1.807, 2.05) is 0 Å². The lowest BCUT2D eigenvalue weighted by molar-refractivity contribution is 0.399. The number of aromatic hydroxyl groups is 2. The van der Waals surface area contributed by atoms with Crippen LogP contribution in [0.1, 0.15) is 5.56 Å². The highest BCUT2D eigenvalue weighted by Gasteiger charge is 2.11. The second-order valence-electron chi connectivity index (χ2n) is 4.11. The fourth-order valence-electron chi connectivity index (χ4n) is 1.81. The molecule has 0 bridgehead atoms. The zero-order valence-electron chi connectivity index (χ0n) is 10.7. The van der Waals surface area contributed by atoms with Gasteiger partial charge in [-0.05, 0) is 34.1 Å². The molecule has 0 saturated heterocycles. The quantitative estimate of drug-likeness (QED) is 0.719. The number of ether oxygens (including phenoxy) is 1. The molecule has 0 aliphatic rings. The molecule has 106 valence electrons. The highest BCUT2D eigenvalue weighted by molar-refractivity contribution is 9.10. The van der Waals surface area contributed by atoms with E-state index in [9.17, 15) is 10.2 Å². The van der Waals surface area contributed by atoms with E-state index < -0.39 is 0 Å². The molecule has 0 radical (unpaired) electrons. The Morgan fingerprint density at radius 2 is 2.05 bits per heavy atom. The first-order chi connectivity index (χ1) is 9.52. The molecule has 2 aromatic rings. The number of anilines is 1. The molecule has 0 unspecified atom stereocenters. The van der Waals surface area contributed by atoms with Gasteiger partial charge in [0.2, 0.25) is 0 Å². The third-order valence-corrected chi connectivity index (χ3v) is 3.59. The normalized spacial score (nSPS) is 10.3. The molecule has 0 aliphatic carbocycles. The Kier molecular flexibility index (Phi) is 4.62. The number of phenols is 2. The first-order valence-corrected chi connectivity index (χ1v) is 6.96. The van der Waals surface area contributed by atoms with E-state index in [-0.39, 0.29) is 11.5 Å². The minimum atomic E-state index is -0.150. The van der Waals surface area contributed by atoms with Crippen molar-refractivity contribution in [2.75, 3.05) is 12.4 Å². The summed E-state index contributed by atoms with van der Waals surface area (Å²) in [6.07, 6.45) is 0. The number of phenolic OH excluding ortho intramolecular Hbond substituents is 2. The van der Waals surface area contributed by atoms with Crippen LogP contribution in [0.25, 0.3) is 0 Å². The molecule has 20 heavy (non-hydrogen) atoms. The summed E-state index contributed by atoms with van der Waals surface area (Å²) in [6, 6.07) is 8.27. The van der Waals surface area contributed by atoms with E-state index in [2.05, 4.69) is 21.2 Å². The fourth-order valence-corrected chi connectivity index (χ4v) is 2.78. The second kappa shape index (κ2) is 6.24. The minimum absolute atomic E-state index is 0.139. The molecule has 0 spiro atoms. The van der Waals surface area contributed by atoms with Gasteiger partial charge in [0.15, 0.2) is 17.2 Å². The molecule has 2 aromatic carbocycles. The van der Waals surface area contributed by atoms with Gasteiger partial charge in [0, 0.05) is 17.1 Å². The van der Waals surface area contributed by atoms with Gasteiger partial charge < -0.3 is 20.3 Å². The number of hydrogen-bond donors (Lipinski definition) is 3. The predicted octanol–water partition coefficient (Wildman–Crippen LogP) is 4.13. The number of nitrogens with one attached hydrogen (secondary N) is 1. The first kappa shape index (κ1) is 14.8. The van der Waals surface area contributed by atoms with Crippen LogP contribution in [0, 0.1) is 0 Å². The number of methoxy groups -OCH3 is 1. The highest BCUT2D eigenvalue weighted by atomic mass is 79.9. The van der Waals surface area contributed by atoms with Crippen LogP contribution < -0.4 is 10.1 Å². The zero-order chi connectivity index (χ0) is 14.7. The molecule has 0 amide bonds. The number of halogens is 2. The summed E-state index contributed by atoms with van der Waals surface area (Å²) >= 11 is 9.37. The van der Waals surface area contributed by atoms with Crippen LogP contribution >= 0.6 is 27.5 Å². The third kappa shape index (κ3) is 3.11. The molecule has 0 heterocycles. The number of benzene rings is 2. The van der Waals surface area contributed by atoms with Crippen molar-refractivity contribution < 1.29 is 14.9 Å². The van der Waals surface area contributed by atoms with Crippen molar-refractivity contribution in [3.63, 3.8) is 0 Å². The zero-order valence-corrected chi connectivity index (χ0v) is 13.0. The largest absolute Gasteiger partial charge is 0.504 e. The smallest absolute Gasteiger partial charge is 0.162 e.